The lowest BCUT2D eigenvalue weighted by Crippen LogP contribution is -2.00. The molecule has 39 heavy (non-hydrogen) atoms. The van der Waals surface area contributed by atoms with Gasteiger partial charge in [0.2, 0.25) is 0 Å². The smallest absolute Gasteiger partial charge is 0.0596 e. The SMILES string of the molecule is C=Cc1ccc(Cn2c3cc(C)ccc3c3ccc4c(c5ccc(C)cc5n4-c4ccccc4)c32)cc1.CC. The van der Waals surface area contributed by atoms with Gasteiger partial charge in [-0.2, -0.15) is 0 Å². The number of aromatic nitrogens is 2. The molecule has 0 unspecified atom stereocenters. The van der Waals surface area contributed by atoms with Crippen LogP contribution < -0.4 is 0 Å². The maximum Gasteiger partial charge on any atom is 0.0596 e. The van der Waals surface area contributed by atoms with Gasteiger partial charge in [0.05, 0.1) is 16.6 Å². The number of benzene rings is 5. The minimum atomic E-state index is 0.809. The van der Waals surface area contributed by atoms with Gasteiger partial charge in [0.25, 0.3) is 0 Å². The summed E-state index contributed by atoms with van der Waals surface area (Å²) in [7, 11) is 0. The van der Waals surface area contributed by atoms with Crippen LogP contribution in [0, 0.1) is 13.8 Å². The van der Waals surface area contributed by atoms with E-state index in [1.54, 1.807) is 0 Å². The summed E-state index contributed by atoms with van der Waals surface area (Å²) in [5.41, 5.74) is 11.2. The van der Waals surface area contributed by atoms with Crippen LogP contribution in [0.4, 0.5) is 0 Å². The third-order valence-electron chi connectivity index (χ3n) is 7.63. The Morgan fingerprint density at radius 3 is 1.97 bits per heavy atom. The van der Waals surface area contributed by atoms with Gasteiger partial charge in [-0.05, 0) is 66.4 Å². The van der Waals surface area contributed by atoms with Crippen LogP contribution in [-0.2, 0) is 6.54 Å². The highest BCUT2D eigenvalue weighted by Gasteiger charge is 2.20. The van der Waals surface area contributed by atoms with E-state index in [2.05, 4.69) is 133 Å². The van der Waals surface area contributed by atoms with Crippen molar-refractivity contribution in [2.24, 2.45) is 0 Å². The fourth-order valence-electron chi connectivity index (χ4n) is 5.87. The Morgan fingerprint density at radius 1 is 0.641 bits per heavy atom. The first-order valence-corrected chi connectivity index (χ1v) is 13.9. The monoisotopic (exact) mass is 506 g/mol. The van der Waals surface area contributed by atoms with Crippen LogP contribution in [0.2, 0.25) is 0 Å². The second kappa shape index (κ2) is 9.96. The van der Waals surface area contributed by atoms with Crippen molar-refractivity contribution in [2.75, 3.05) is 0 Å². The predicted octanol–water partition coefficient (Wildman–Crippen LogP) is 10.2. The molecule has 0 fully saturated rings. The molecule has 0 spiro atoms. The van der Waals surface area contributed by atoms with Crippen LogP contribution in [0.5, 0.6) is 0 Å². The van der Waals surface area contributed by atoms with Crippen molar-refractivity contribution >= 4 is 49.7 Å². The number of aryl methyl sites for hydroxylation is 2. The minimum Gasteiger partial charge on any atom is -0.335 e. The average molecular weight is 507 g/mol. The first-order chi connectivity index (χ1) is 19.1. The molecule has 2 heterocycles. The number of para-hydroxylation sites is 1. The van der Waals surface area contributed by atoms with Gasteiger partial charge in [-0.15, -0.1) is 0 Å². The van der Waals surface area contributed by atoms with Gasteiger partial charge in [-0.1, -0.05) is 99.3 Å². The Balaban J connectivity index is 0.00000135. The minimum absolute atomic E-state index is 0.809. The van der Waals surface area contributed by atoms with Gasteiger partial charge in [0, 0.05) is 39.3 Å². The maximum absolute atomic E-state index is 3.92. The molecule has 2 nitrogen and oxygen atoms in total. The summed E-state index contributed by atoms with van der Waals surface area (Å²) < 4.78 is 4.95. The van der Waals surface area contributed by atoms with Crippen LogP contribution in [0.3, 0.4) is 0 Å². The zero-order valence-electron chi connectivity index (χ0n) is 23.2. The molecular formula is C37H34N2. The van der Waals surface area contributed by atoms with Crippen LogP contribution in [0.1, 0.15) is 36.1 Å². The van der Waals surface area contributed by atoms with Crippen molar-refractivity contribution in [3.63, 3.8) is 0 Å². The maximum atomic E-state index is 3.92. The second-order valence-corrected chi connectivity index (χ2v) is 10.1. The molecule has 7 aromatic rings. The third kappa shape index (κ3) is 4.04. The van der Waals surface area contributed by atoms with Crippen LogP contribution in [0.15, 0.2) is 110 Å². The molecule has 0 saturated carbocycles. The van der Waals surface area contributed by atoms with E-state index >= 15 is 0 Å². The summed E-state index contributed by atoms with van der Waals surface area (Å²) in [6, 6.07) is 37.8. The van der Waals surface area contributed by atoms with Gasteiger partial charge in [-0.3, -0.25) is 0 Å². The molecule has 0 saturated heterocycles. The lowest BCUT2D eigenvalue weighted by Gasteiger charge is -2.11. The molecule has 0 aliphatic carbocycles. The molecule has 7 rings (SSSR count). The molecule has 0 N–H and O–H groups in total. The molecule has 2 heteroatoms. The number of rotatable bonds is 4. The lowest BCUT2D eigenvalue weighted by atomic mass is 10.1. The molecule has 0 radical (unpaired) electrons. The van der Waals surface area contributed by atoms with Crippen LogP contribution in [-0.4, -0.2) is 9.13 Å². The molecule has 0 bridgehead atoms. The molecular weight excluding hydrogens is 472 g/mol. The Bertz CT molecular complexity index is 1970. The van der Waals surface area contributed by atoms with E-state index in [0.29, 0.717) is 0 Å². The zero-order chi connectivity index (χ0) is 27.1. The van der Waals surface area contributed by atoms with Crippen molar-refractivity contribution in [1.82, 2.24) is 9.13 Å². The highest BCUT2D eigenvalue weighted by Crippen LogP contribution is 2.41. The second-order valence-electron chi connectivity index (χ2n) is 10.1. The topological polar surface area (TPSA) is 9.86 Å². The molecule has 5 aromatic carbocycles. The van der Waals surface area contributed by atoms with E-state index in [9.17, 15) is 0 Å². The first-order valence-electron chi connectivity index (χ1n) is 13.9. The van der Waals surface area contributed by atoms with E-state index in [0.717, 1.165) is 12.1 Å². The van der Waals surface area contributed by atoms with Crippen molar-refractivity contribution in [1.29, 1.82) is 0 Å². The van der Waals surface area contributed by atoms with Crippen molar-refractivity contribution in [3.05, 3.63) is 132 Å². The Labute approximate surface area is 230 Å². The quantitative estimate of drug-likeness (QED) is 0.225. The van der Waals surface area contributed by atoms with Gasteiger partial charge in [-0.25, -0.2) is 0 Å². The van der Waals surface area contributed by atoms with E-state index in [4.69, 9.17) is 0 Å². The number of fused-ring (bicyclic) bond motifs is 7. The highest BCUT2D eigenvalue weighted by atomic mass is 15.0. The Hall–Kier alpha value is -4.56. The van der Waals surface area contributed by atoms with Crippen molar-refractivity contribution in [2.45, 2.75) is 34.2 Å². The Morgan fingerprint density at radius 2 is 1.28 bits per heavy atom. The van der Waals surface area contributed by atoms with Crippen LogP contribution >= 0.6 is 0 Å². The number of hydrogen-bond donors (Lipinski definition) is 0. The van der Waals surface area contributed by atoms with Gasteiger partial charge < -0.3 is 9.13 Å². The normalized spacial score (nSPS) is 11.3. The summed E-state index contributed by atoms with van der Waals surface area (Å²) in [5, 5.41) is 5.21. The standard InChI is InChI=1S/C35H28N2.C2H6/c1-4-25-12-14-26(15-13-25)22-36-32-20-23(2)10-16-28(32)29-18-19-31-34(35(29)36)30-17-11-24(3)21-33(30)37(31)27-8-6-5-7-9-27;1-2/h4-21H,1,22H2,2-3H3;1-2H3. The summed E-state index contributed by atoms with van der Waals surface area (Å²) in [6.45, 7) is 13.1. The first kappa shape index (κ1) is 24.8. The van der Waals surface area contributed by atoms with Crippen molar-refractivity contribution in [3.8, 4) is 5.69 Å². The van der Waals surface area contributed by atoms with Crippen molar-refractivity contribution < 1.29 is 0 Å². The number of nitrogens with zero attached hydrogens (tertiary/aromatic N) is 2. The molecule has 0 atom stereocenters. The van der Waals surface area contributed by atoms with Gasteiger partial charge in [0.15, 0.2) is 0 Å². The molecule has 0 aliphatic heterocycles. The lowest BCUT2D eigenvalue weighted by molar-refractivity contribution is 0.871. The summed E-state index contributed by atoms with van der Waals surface area (Å²) in [4.78, 5) is 0. The van der Waals surface area contributed by atoms with E-state index < -0.39 is 0 Å². The van der Waals surface area contributed by atoms with E-state index in [-0.39, 0.29) is 0 Å². The van der Waals surface area contributed by atoms with E-state index in [1.807, 2.05) is 19.9 Å². The largest absolute Gasteiger partial charge is 0.335 e. The van der Waals surface area contributed by atoms with E-state index in [1.165, 1.54) is 66.0 Å². The predicted molar refractivity (Wildman–Crippen MR) is 170 cm³/mol. The fourth-order valence-corrected chi connectivity index (χ4v) is 5.87. The van der Waals surface area contributed by atoms with Gasteiger partial charge in [0.1, 0.15) is 0 Å². The average Bonchev–Trinajstić information content (AvgIpc) is 3.46. The summed E-state index contributed by atoms with van der Waals surface area (Å²) in [5.74, 6) is 0. The zero-order valence-corrected chi connectivity index (χ0v) is 23.2. The molecule has 2 aromatic heterocycles. The molecule has 0 amide bonds. The highest BCUT2D eigenvalue weighted by molar-refractivity contribution is 6.25. The number of hydrogen-bond acceptors (Lipinski definition) is 0. The fraction of sp³-hybridized carbons (Fsp3) is 0.135. The Kier molecular flexibility index (Phi) is 6.32. The van der Waals surface area contributed by atoms with Crippen LogP contribution in [0.25, 0.3) is 55.4 Å². The third-order valence-corrected chi connectivity index (χ3v) is 7.63. The molecule has 0 aliphatic rings. The molecule has 192 valence electrons. The summed E-state index contributed by atoms with van der Waals surface area (Å²) in [6.07, 6.45) is 1.90. The summed E-state index contributed by atoms with van der Waals surface area (Å²) >= 11 is 0. The van der Waals surface area contributed by atoms with Gasteiger partial charge >= 0.3 is 0 Å².